The molecule has 28 heavy (non-hydrogen) atoms. The Morgan fingerprint density at radius 1 is 1.07 bits per heavy atom. The van der Waals surface area contributed by atoms with Crippen molar-refractivity contribution in [1.29, 1.82) is 0 Å². The van der Waals surface area contributed by atoms with Crippen molar-refractivity contribution in [2.24, 2.45) is 0 Å². The molecule has 0 radical (unpaired) electrons. The third-order valence-corrected chi connectivity index (χ3v) is 5.54. The number of amides is 1. The number of likely N-dealkylation sites (N-methyl/N-ethyl adjacent to an activating group) is 1. The van der Waals surface area contributed by atoms with E-state index in [0.29, 0.717) is 18.0 Å². The summed E-state index contributed by atoms with van der Waals surface area (Å²) in [5, 5.41) is 0. The molecule has 1 atom stereocenters. The lowest BCUT2D eigenvalue weighted by atomic mass is 10.2. The molecule has 0 aliphatic carbocycles. The summed E-state index contributed by atoms with van der Waals surface area (Å²) in [6.45, 7) is 2.08. The smallest absolute Gasteiger partial charge is 0.263 e. The van der Waals surface area contributed by atoms with Gasteiger partial charge in [-0.2, -0.15) is 0 Å². The Morgan fingerprint density at radius 2 is 1.68 bits per heavy atom. The zero-order chi connectivity index (χ0) is 20.9. The topological polar surface area (TPSA) is 76.2 Å². The fourth-order valence-corrected chi connectivity index (χ4v) is 3.16. The van der Waals surface area contributed by atoms with Crippen molar-refractivity contribution in [2.45, 2.75) is 19.6 Å². The summed E-state index contributed by atoms with van der Waals surface area (Å²) in [5.41, 5.74) is 1.42. The average Bonchev–Trinajstić information content (AvgIpc) is 2.67. The molecule has 0 saturated heterocycles. The summed E-state index contributed by atoms with van der Waals surface area (Å²) in [4.78, 5) is 14.2. The Hall–Kier alpha value is -2.74. The molecular formula is C20H26N2O5S. The number of hydrogen-bond donors (Lipinski definition) is 0. The number of ether oxygens (including phenoxy) is 2. The molecule has 2 aromatic rings. The molecule has 0 aliphatic heterocycles. The second-order valence-corrected chi connectivity index (χ2v) is 8.50. The number of para-hydroxylation sites is 1. The van der Waals surface area contributed by atoms with Crippen molar-refractivity contribution in [2.75, 3.05) is 31.8 Å². The van der Waals surface area contributed by atoms with Crippen LogP contribution in [0.4, 0.5) is 5.69 Å². The van der Waals surface area contributed by atoms with Gasteiger partial charge >= 0.3 is 0 Å². The predicted octanol–water partition coefficient (Wildman–Crippen LogP) is 2.52. The molecule has 152 valence electrons. The minimum absolute atomic E-state index is 0.178. The SMILES string of the molecule is COc1ccccc1CN(C)C(=O)[C@H](C)Oc1ccc(N(C)S(C)(=O)=O)cc1. The molecule has 0 aliphatic rings. The fraction of sp³-hybridized carbons (Fsp3) is 0.350. The summed E-state index contributed by atoms with van der Waals surface area (Å²) < 4.78 is 35.4. The quantitative estimate of drug-likeness (QED) is 0.673. The Bertz CT molecular complexity index is 912. The number of rotatable bonds is 8. The van der Waals surface area contributed by atoms with Gasteiger partial charge in [-0.25, -0.2) is 8.42 Å². The lowest BCUT2D eigenvalue weighted by molar-refractivity contribution is -0.137. The Labute approximate surface area is 166 Å². The molecule has 1 amide bonds. The normalized spacial score (nSPS) is 12.2. The Balaban J connectivity index is 2.01. The molecule has 0 saturated carbocycles. The lowest BCUT2D eigenvalue weighted by Gasteiger charge is -2.23. The molecule has 0 heterocycles. The van der Waals surface area contributed by atoms with Crippen LogP contribution in [0.25, 0.3) is 0 Å². The van der Waals surface area contributed by atoms with E-state index in [4.69, 9.17) is 9.47 Å². The van der Waals surface area contributed by atoms with E-state index in [-0.39, 0.29) is 5.91 Å². The van der Waals surface area contributed by atoms with Crippen molar-refractivity contribution in [3.05, 3.63) is 54.1 Å². The van der Waals surface area contributed by atoms with E-state index >= 15 is 0 Å². The molecular weight excluding hydrogens is 380 g/mol. The maximum absolute atomic E-state index is 12.6. The molecule has 2 rings (SSSR count). The number of carbonyl (C=O) groups excluding carboxylic acids is 1. The summed E-state index contributed by atoms with van der Waals surface area (Å²) >= 11 is 0. The highest BCUT2D eigenvalue weighted by atomic mass is 32.2. The second-order valence-electron chi connectivity index (χ2n) is 6.49. The summed E-state index contributed by atoms with van der Waals surface area (Å²) in [7, 11) is 1.45. The highest BCUT2D eigenvalue weighted by molar-refractivity contribution is 7.92. The van der Waals surface area contributed by atoms with Crippen LogP contribution in [0.15, 0.2) is 48.5 Å². The van der Waals surface area contributed by atoms with E-state index in [9.17, 15) is 13.2 Å². The van der Waals surface area contributed by atoms with Crippen molar-refractivity contribution in [3.63, 3.8) is 0 Å². The first-order valence-electron chi connectivity index (χ1n) is 8.71. The third kappa shape index (κ3) is 5.39. The summed E-state index contributed by atoms with van der Waals surface area (Å²) in [6, 6.07) is 14.1. The fourth-order valence-electron chi connectivity index (χ4n) is 2.66. The standard InChI is InChI=1S/C20H26N2O5S/c1-15(20(23)21(2)14-16-8-6-7-9-19(16)26-4)27-18-12-10-17(11-13-18)22(3)28(5,24)25/h6-13,15H,14H2,1-5H3/t15-/m0/s1. The van der Waals surface area contributed by atoms with Crippen LogP contribution in [0.2, 0.25) is 0 Å². The van der Waals surface area contributed by atoms with Crippen molar-refractivity contribution in [3.8, 4) is 11.5 Å². The average molecular weight is 407 g/mol. The van der Waals surface area contributed by atoms with Gasteiger partial charge in [0.05, 0.1) is 19.1 Å². The van der Waals surface area contributed by atoms with Crippen LogP contribution in [-0.2, 0) is 21.4 Å². The first-order chi connectivity index (χ1) is 13.1. The maximum atomic E-state index is 12.6. The summed E-state index contributed by atoms with van der Waals surface area (Å²) in [6.07, 6.45) is 0.439. The minimum atomic E-state index is -3.33. The van der Waals surface area contributed by atoms with Crippen molar-refractivity contribution >= 4 is 21.6 Å². The van der Waals surface area contributed by atoms with Gasteiger partial charge in [-0.15, -0.1) is 0 Å². The van der Waals surface area contributed by atoms with Gasteiger partial charge in [0.2, 0.25) is 10.0 Å². The monoisotopic (exact) mass is 406 g/mol. The predicted molar refractivity (Wildman–Crippen MR) is 109 cm³/mol. The van der Waals surface area contributed by atoms with Gasteiger partial charge in [-0.05, 0) is 37.3 Å². The van der Waals surface area contributed by atoms with Crippen LogP contribution in [0, 0.1) is 0 Å². The van der Waals surface area contributed by atoms with E-state index in [2.05, 4.69) is 0 Å². The van der Waals surface area contributed by atoms with Gasteiger partial charge in [0.25, 0.3) is 5.91 Å². The van der Waals surface area contributed by atoms with Gasteiger partial charge in [0.1, 0.15) is 11.5 Å². The van der Waals surface area contributed by atoms with Crippen LogP contribution in [-0.4, -0.2) is 52.8 Å². The number of nitrogens with zero attached hydrogens (tertiary/aromatic N) is 2. The molecule has 0 spiro atoms. The van der Waals surface area contributed by atoms with Gasteiger partial charge in [0.15, 0.2) is 6.10 Å². The van der Waals surface area contributed by atoms with E-state index in [1.54, 1.807) is 50.2 Å². The Morgan fingerprint density at radius 3 is 2.25 bits per heavy atom. The molecule has 0 aromatic heterocycles. The third-order valence-electron chi connectivity index (χ3n) is 4.33. The van der Waals surface area contributed by atoms with Gasteiger partial charge in [-0.1, -0.05) is 18.2 Å². The molecule has 2 aromatic carbocycles. The molecule has 0 bridgehead atoms. The van der Waals surface area contributed by atoms with Crippen molar-refractivity contribution < 1.29 is 22.7 Å². The van der Waals surface area contributed by atoms with Crippen molar-refractivity contribution in [1.82, 2.24) is 4.90 Å². The lowest BCUT2D eigenvalue weighted by Crippen LogP contribution is -2.37. The first kappa shape index (κ1) is 21.6. The number of anilines is 1. The zero-order valence-electron chi connectivity index (χ0n) is 16.7. The number of methoxy groups -OCH3 is 1. The maximum Gasteiger partial charge on any atom is 0.263 e. The number of benzene rings is 2. The van der Waals surface area contributed by atoms with E-state index in [1.165, 1.54) is 11.4 Å². The highest BCUT2D eigenvalue weighted by Crippen LogP contribution is 2.22. The molecule has 0 unspecified atom stereocenters. The van der Waals surface area contributed by atoms with Crippen LogP contribution < -0.4 is 13.8 Å². The number of carbonyl (C=O) groups is 1. The van der Waals surface area contributed by atoms with E-state index < -0.39 is 16.1 Å². The van der Waals surface area contributed by atoms with Gasteiger partial charge in [0, 0.05) is 26.2 Å². The van der Waals surface area contributed by atoms with Crippen LogP contribution >= 0.6 is 0 Å². The number of sulfonamides is 1. The van der Waals surface area contributed by atoms with Crippen LogP contribution in [0.1, 0.15) is 12.5 Å². The molecule has 0 N–H and O–H groups in total. The van der Waals surface area contributed by atoms with E-state index in [1.807, 2.05) is 24.3 Å². The zero-order valence-corrected chi connectivity index (χ0v) is 17.6. The molecule has 8 heteroatoms. The van der Waals surface area contributed by atoms with Gasteiger partial charge < -0.3 is 14.4 Å². The largest absolute Gasteiger partial charge is 0.496 e. The van der Waals surface area contributed by atoms with Crippen LogP contribution in [0.5, 0.6) is 11.5 Å². The number of hydrogen-bond acceptors (Lipinski definition) is 5. The van der Waals surface area contributed by atoms with Gasteiger partial charge in [-0.3, -0.25) is 9.10 Å². The highest BCUT2D eigenvalue weighted by Gasteiger charge is 2.20. The second kappa shape index (κ2) is 8.97. The summed E-state index contributed by atoms with van der Waals surface area (Å²) in [5.74, 6) is 1.03. The van der Waals surface area contributed by atoms with Crippen LogP contribution in [0.3, 0.4) is 0 Å². The molecule has 0 fully saturated rings. The molecule has 7 nitrogen and oxygen atoms in total. The minimum Gasteiger partial charge on any atom is -0.496 e. The van der Waals surface area contributed by atoms with E-state index in [0.717, 1.165) is 17.6 Å². The first-order valence-corrected chi connectivity index (χ1v) is 10.6. The Kier molecular flexibility index (Phi) is 6.90.